The van der Waals surface area contributed by atoms with Gasteiger partial charge in [0.25, 0.3) is 0 Å². The number of ether oxygens (including phenoxy) is 2. The number of thiocarbonyl (C=S) groups is 1. The predicted octanol–water partition coefficient (Wildman–Crippen LogP) is 5.54. The molecule has 3 aromatic carbocycles. The molecule has 3 aromatic rings. The molecule has 0 bridgehead atoms. The van der Waals surface area contributed by atoms with Crippen LogP contribution in [0.15, 0.2) is 71.8 Å². The van der Waals surface area contributed by atoms with Gasteiger partial charge in [0.2, 0.25) is 0 Å². The van der Waals surface area contributed by atoms with E-state index < -0.39 is 5.97 Å². The Labute approximate surface area is 194 Å². The van der Waals surface area contributed by atoms with Crippen molar-refractivity contribution in [2.45, 2.75) is 0 Å². The molecule has 6 nitrogen and oxygen atoms in total. The van der Waals surface area contributed by atoms with Crippen LogP contribution in [0.1, 0.15) is 15.9 Å². The molecule has 0 aromatic heterocycles. The average Bonchev–Trinajstić information content (AvgIpc) is 2.74. The molecule has 158 valence electrons. The molecule has 0 saturated carbocycles. The Morgan fingerprint density at radius 3 is 2.52 bits per heavy atom. The Morgan fingerprint density at radius 1 is 1.03 bits per heavy atom. The number of halogens is 2. The summed E-state index contributed by atoms with van der Waals surface area (Å²) in [6, 6.07) is 18.7. The van der Waals surface area contributed by atoms with Crippen molar-refractivity contribution < 1.29 is 14.3 Å². The van der Waals surface area contributed by atoms with E-state index in [0.29, 0.717) is 21.4 Å². The zero-order chi connectivity index (χ0) is 22.2. The first-order chi connectivity index (χ1) is 14.9. The lowest BCUT2D eigenvalue weighted by Gasteiger charge is -2.08. The molecule has 9 heteroatoms. The maximum atomic E-state index is 12.3. The Bertz CT molecular complexity index is 1120. The molecule has 2 N–H and O–H groups in total. The van der Waals surface area contributed by atoms with E-state index in [0.717, 1.165) is 11.4 Å². The molecule has 0 fully saturated rings. The van der Waals surface area contributed by atoms with E-state index in [-0.39, 0.29) is 10.6 Å². The summed E-state index contributed by atoms with van der Waals surface area (Å²) in [6.07, 6.45) is 1.55. The highest BCUT2D eigenvalue weighted by Gasteiger charge is 2.13. The summed E-state index contributed by atoms with van der Waals surface area (Å²) in [5.41, 5.74) is 4.45. The number of carbonyl (C=O) groups excluding carboxylic acids is 1. The lowest BCUT2D eigenvalue weighted by molar-refractivity contribution is 0.0735. The van der Waals surface area contributed by atoms with Gasteiger partial charge >= 0.3 is 5.97 Å². The van der Waals surface area contributed by atoms with E-state index in [1.807, 2.05) is 24.3 Å². The lowest BCUT2D eigenvalue weighted by atomic mass is 10.2. The smallest absolute Gasteiger partial charge is 0.345 e. The topological polar surface area (TPSA) is 71.9 Å². The van der Waals surface area contributed by atoms with Gasteiger partial charge in [-0.3, -0.25) is 5.43 Å². The summed E-state index contributed by atoms with van der Waals surface area (Å²) in [5.74, 6) is 0.513. The van der Waals surface area contributed by atoms with Gasteiger partial charge < -0.3 is 14.8 Å². The molecule has 0 heterocycles. The Balaban J connectivity index is 1.57. The number of hydrogen-bond donors (Lipinski definition) is 2. The number of benzene rings is 3. The summed E-state index contributed by atoms with van der Waals surface area (Å²) >= 11 is 17.1. The van der Waals surface area contributed by atoms with Gasteiger partial charge in [0.1, 0.15) is 11.5 Å². The summed E-state index contributed by atoms with van der Waals surface area (Å²) in [4.78, 5) is 12.3. The van der Waals surface area contributed by atoms with Crippen LogP contribution in [0.4, 0.5) is 5.69 Å². The molecule has 0 aliphatic heterocycles. The zero-order valence-electron chi connectivity index (χ0n) is 16.3. The summed E-state index contributed by atoms with van der Waals surface area (Å²) in [6.45, 7) is 0. The second-order valence-corrected chi connectivity index (χ2v) is 7.39. The number of rotatable bonds is 6. The molecule has 0 spiro atoms. The molecule has 0 aliphatic rings. The second kappa shape index (κ2) is 10.8. The van der Waals surface area contributed by atoms with Gasteiger partial charge in [-0.25, -0.2) is 4.79 Å². The minimum absolute atomic E-state index is 0.220. The van der Waals surface area contributed by atoms with E-state index >= 15 is 0 Å². The quantitative estimate of drug-likeness (QED) is 0.161. The molecule has 0 atom stereocenters. The van der Waals surface area contributed by atoms with Crippen LogP contribution in [0.5, 0.6) is 11.5 Å². The van der Waals surface area contributed by atoms with Gasteiger partial charge in [-0.15, -0.1) is 0 Å². The normalized spacial score (nSPS) is 10.5. The standard InChI is InChI=1S/C22H17Cl2N3O3S/c1-29-17-8-6-16(7-9-17)26-22(31)27-25-13-14-3-2-4-18(11-14)30-21(28)19-10-5-15(23)12-20(19)24/h2-13H,1H3,(H2,26,27,31)/b25-13+. The fourth-order valence-electron chi connectivity index (χ4n) is 2.47. The van der Waals surface area contributed by atoms with E-state index in [2.05, 4.69) is 15.8 Å². The molecule has 3 rings (SSSR count). The minimum atomic E-state index is -0.584. The summed E-state index contributed by atoms with van der Waals surface area (Å²) < 4.78 is 10.5. The van der Waals surface area contributed by atoms with Crippen molar-refractivity contribution in [3.63, 3.8) is 0 Å². The van der Waals surface area contributed by atoms with Crippen molar-refractivity contribution in [3.8, 4) is 11.5 Å². The van der Waals surface area contributed by atoms with Crippen molar-refractivity contribution in [2.24, 2.45) is 5.10 Å². The number of carbonyl (C=O) groups is 1. The zero-order valence-corrected chi connectivity index (χ0v) is 18.6. The first-order valence-corrected chi connectivity index (χ1v) is 10.1. The van der Waals surface area contributed by atoms with Gasteiger partial charge in [0.05, 0.1) is 23.9 Å². The number of methoxy groups -OCH3 is 1. The highest BCUT2D eigenvalue weighted by atomic mass is 35.5. The molecule has 0 aliphatic carbocycles. The van der Waals surface area contributed by atoms with Gasteiger partial charge in [0, 0.05) is 10.7 Å². The van der Waals surface area contributed by atoms with Gasteiger partial charge in [-0.05, 0) is 72.4 Å². The maximum Gasteiger partial charge on any atom is 0.345 e. The van der Waals surface area contributed by atoms with E-state index in [1.54, 1.807) is 43.7 Å². The molecular weight excluding hydrogens is 457 g/mol. The van der Waals surface area contributed by atoms with Crippen LogP contribution in [-0.4, -0.2) is 24.4 Å². The monoisotopic (exact) mass is 473 g/mol. The molecule has 0 amide bonds. The summed E-state index contributed by atoms with van der Waals surface area (Å²) in [5, 5.41) is 8.08. The van der Waals surface area contributed by atoms with Crippen LogP contribution in [-0.2, 0) is 0 Å². The highest BCUT2D eigenvalue weighted by molar-refractivity contribution is 7.80. The fraction of sp³-hybridized carbons (Fsp3) is 0.0455. The maximum absolute atomic E-state index is 12.3. The van der Waals surface area contributed by atoms with Crippen LogP contribution < -0.4 is 20.2 Å². The molecule has 0 radical (unpaired) electrons. The Kier molecular flexibility index (Phi) is 7.83. The Morgan fingerprint density at radius 2 is 1.81 bits per heavy atom. The van der Waals surface area contributed by atoms with Crippen LogP contribution in [0.2, 0.25) is 10.0 Å². The Hall–Kier alpha value is -3.13. The first-order valence-electron chi connectivity index (χ1n) is 8.96. The van der Waals surface area contributed by atoms with Crippen molar-refractivity contribution in [1.29, 1.82) is 0 Å². The highest BCUT2D eigenvalue weighted by Crippen LogP contribution is 2.23. The van der Waals surface area contributed by atoms with Crippen molar-refractivity contribution in [1.82, 2.24) is 5.43 Å². The molecule has 0 saturated heterocycles. The summed E-state index contributed by atoms with van der Waals surface area (Å²) in [7, 11) is 1.60. The van der Waals surface area contributed by atoms with Crippen LogP contribution >= 0.6 is 35.4 Å². The lowest BCUT2D eigenvalue weighted by Crippen LogP contribution is -2.23. The SMILES string of the molecule is COc1ccc(NC(=S)N/N=C/c2cccc(OC(=O)c3ccc(Cl)cc3Cl)c2)cc1. The van der Waals surface area contributed by atoms with Gasteiger partial charge in [-0.2, -0.15) is 5.10 Å². The van der Waals surface area contributed by atoms with Crippen molar-refractivity contribution in [2.75, 3.05) is 12.4 Å². The minimum Gasteiger partial charge on any atom is -0.497 e. The molecule has 31 heavy (non-hydrogen) atoms. The third-order valence-electron chi connectivity index (χ3n) is 3.95. The predicted molar refractivity (Wildman–Crippen MR) is 128 cm³/mol. The van der Waals surface area contributed by atoms with E-state index in [9.17, 15) is 4.79 Å². The van der Waals surface area contributed by atoms with Crippen molar-refractivity contribution in [3.05, 3.63) is 87.9 Å². The van der Waals surface area contributed by atoms with E-state index in [4.69, 9.17) is 44.9 Å². The van der Waals surface area contributed by atoms with Crippen LogP contribution in [0.3, 0.4) is 0 Å². The number of nitrogens with zero attached hydrogens (tertiary/aromatic N) is 1. The fourth-order valence-corrected chi connectivity index (χ4v) is 3.13. The molecule has 0 unspecified atom stereocenters. The number of anilines is 1. The number of hydrazone groups is 1. The number of hydrogen-bond acceptors (Lipinski definition) is 5. The largest absolute Gasteiger partial charge is 0.497 e. The third kappa shape index (κ3) is 6.68. The van der Waals surface area contributed by atoms with Crippen LogP contribution in [0.25, 0.3) is 0 Å². The van der Waals surface area contributed by atoms with Crippen LogP contribution in [0, 0.1) is 0 Å². The number of esters is 1. The van der Waals surface area contributed by atoms with Gasteiger partial charge in [-0.1, -0.05) is 35.3 Å². The van der Waals surface area contributed by atoms with Gasteiger partial charge in [0.15, 0.2) is 5.11 Å². The molecular formula is C22H17Cl2N3O3S. The second-order valence-electron chi connectivity index (χ2n) is 6.14. The third-order valence-corrected chi connectivity index (χ3v) is 4.69. The van der Waals surface area contributed by atoms with Crippen molar-refractivity contribution >= 4 is 58.4 Å². The van der Waals surface area contributed by atoms with E-state index in [1.165, 1.54) is 12.1 Å². The average molecular weight is 474 g/mol. The first kappa shape index (κ1) is 22.6. The number of nitrogens with one attached hydrogen (secondary N) is 2.